The predicted octanol–water partition coefficient (Wildman–Crippen LogP) is 4.39. The van der Waals surface area contributed by atoms with E-state index in [0.29, 0.717) is 5.33 Å². The molecule has 0 saturated carbocycles. The maximum atomic E-state index is 12.2. The van der Waals surface area contributed by atoms with E-state index in [-0.39, 0.29) is 26.4 Å². The number of nitrogens with one attached hydrogen (secondary N) is 1. The fourth-order valence-corrected chi connectivity index (χ4v) is 3.50. The zero-order valence-electron chi connectivity index (χ0n) is 10.5. The Morgan fingerprint density at radius 1 is 1.10 bits per heavy atom. The highest BCUT2D eigenvalue weighted by Gasteiger charge is 2.16. The monoisotopic (exact) mass is 409 g/mol. The van der Waals surface area contributed by atoms with Crippen LogP contribution in [0.15, 0.2) is 41.3 Å². The van der Waals surface area contributed by atoms with E-state index in [4.69, 9.17) is 23.2 Å². The van der Waals surface area contributed by atoms with Crippen molar-refractivity contribution in [1.29, 1.82) is 0 Å². The van der Waals surface area contributed by atoms with Gasteiger partial charge in [-0.25, -0.2) is 8.42 Å². The quantitative estimate of drug-likeness (QED) is 0.580. The molecule has 0 saturated heterocycles. The lowest BCUT2D eigenvalue weighted by Crippen LogP contribution is -2.12. The van der Waals surface area contributed by atoms with Crippen molar-refractivity contribution < 1.29 is 13.5 Å². The smallest absolute Gasteiger partial charge is 0.261 e. The second kappa shape index (κ2) is 6.44. The van der Waals surface area contributed by atoms with E-state index in [1.807, 2.05) is 0 Å². The van der Waals surface area contributed by atoms with Crippen molar-refractivity contribution in [2.45, 2.75) is 10.2 Å². The number of rotatable bonds is 4. The molecule has 0 heterocycles. The number of phenols is 1. The average molecular weight is 411 g/mol. The summed E-state index contributed by atoms with van der Waals surface area (Å²) in [5.41, 5.74) is 1.14. The summed E-state index contributed by atoms with van der Waals surface area (Å²) in [5.74, 6) is -0.289. The van der Waals surface area contributed by atoms with Gasteiger partial charge in [-0.3, -0.25) is 4.72 Å². The standard InChI is InChI=1S/C13H10BrCl2NO3S/c14-7-8-1-3-10(4-2-8)21(19,20)17-9-5-11(15)13(18)12(16)6-9/h1-6,17-18H,7H2. The Hall–Kier alpha value is -0.950. The van der Waals surface area contributed by atoms with Crippen molar-refractivity contribution >= 4 is 54.8 Å². The molecule has 0 aromatic heterocycles. The predicted molar refractivity (Wildman–Crippen MR) is 88.0 cm³/mol. The van der Waals surface area contributed by atoms with Gasteiger partial charge in [0, 0.05) is 5.33 Å². The van der Waals surface area contributed by atoms with Crippen LogP contribution in [-0.2, 0) is 15.4 Å². The van der Waals surface area contributed by atoms with Crippen LogP contribution in [0.1, 0.15) is 5.56 Å². The molecular weight excluding hydrogens is 401 g/mol. The van der Waals surface area contributed by atoms with Crippen LogP contribution < -0.4 is 4.72 Å². The lowest BCUT2D eigenvalue weighted by Gasteiger charge is -2.10. The molecule has 0 aliphatic rings. The average Bonchev–Trinajstić information content (AvgIpc) is 2.44. The fourth-order valence-electron chi connectivity index (χ4n) is 1.60. The SMILES string of the molecule is O=S(=O)(Nc1cc(Cl)c(O)c(Cl)c1)c1ccc(CBr)cc1. The summed E-state index contributed by atoms with van der Waals surface area (Å²) in [6.45, 7) is 0. The Labute approximate surface area is 140 Å². The molecule has 8 heteroatoms. The first kappa shape index (κ1) is 16.4. The third-order valence-corrected chi connectivity index (χ3v) is 5.28. The summed E-state index contributed by atoms with van der Waals surface area (Å²) >= 11 is 14.8. The number of benzene rings is 2. The first-order chi connectivity index (χ1) is 9.83. The second-order valence-corrected chi connectivity index (χ2v) is 7.23. The van der Waals surface area contributed by atoms with Crippen LogP contribution in [0.25, 0.3) is 0 Å². The van der Waals surface area contributed by atoms with Gasteiger partial charge in [0.2, 0.25) is 0 Å². The maximum Gasteiger partial charge on any atom is 0.261 e. The number of aromatic hydroxyl groups is 1. The van der Waals surface area contributed by atoms with Crippen LogP contribution in [0, 0.1) is 0 Å². The number of halogens is 3. The molecule has 4 nitrogen and oxygen atoms in total. The minimum atomic E-state index is -3.75. The minimum Gasteiger partial charge on any atom is -0.505 e. The highest BCUT2D eigenvalue weighted by atomic mass is 79.9. The van der Waals surface area contributed by atoms with Gasteiger partial charge in [-0.05, 0) is 29.8 Å². The lowest BCUT2D eigenvalue weighted by atomic mass is 10.2. The second-order valence-electron chi connectivity index (χ2n) is 4.17. The third-order valence-electron chi connectivity index (χ3n) is 2.66. The summed E-state index contributed by atoms with van der Waals surface area (Å²) in [5, 5.41) is 10.0. The van der Waals surface area contributed by atoms with E-state index >= 15 is 0 Å². The molecule has 2 N–H and O–H groups in total. The van der Waals surface area contributed by atoms with Gasteiger partial charge in [-0.1, -0.05) is 51.3 Å². The summed E-state index contributed by atoms with van der Waals surface area (Å²) in [7, 11) is -3.75. The molecule has 0 radical (unpaired) electrons. The van der Waals surface area contributed by atoms with Crippen LogP contribution in [0.4, 0.5) is 5.69 Å². The number of sulfonamides is 1. The largest absolute Gasteiger partial charge is 0.505 e. The van der Waals surface area contributed by atoms with Crippen molar-refractivity contribution in [3.05, 3.63) is 52.0 Å². The molecule has 21 heavy (non-hydrogen) atoms. The van der Waals surface area contributed by atoms with Crippen LogP contribution in [0.3, 0.4) is 0 Å². The lowest BCUT2D eigenvalue weighted by molar-refractivity contribution is 0.476. The first-order valence-corrected chi connectivity index (χ1v) is 9.05. The van der Waals surface area contributed by atoms with E-state index in [9.17, 15) is 13.5 Å². The Morgan fingerprint density at radius 3 is 2.10 bits per heavy atom. The van der Waals surface area contributed by atoms with Gasteiger partial charge in [-0.2, -0.15) is 0 Å². The number of hydrogen-bond donors (Lipinski definition) is 2. The van der Waals surface area contributed by atoms with Crippen molar-refractivity contribution in [3.63, 3.8) is 0 Å². The van der Waals surface area contributed by atoms with Crippen LogP contribution in [-0.4, -0.2) is 13.5 Å². The van der Waals surface area contributed by atoms with E-state index in [0.717, 1.165) is 5.56 Å². The van der Waals surface area contributed by atoms with Gasteiger partial charge < -0.3 is 5.11 Å². The number of anilines is 1. The van der Waals surface area contributed by atoms with E-state index in [1.165, 1.54) is 24.3 Å². The molecule has 2 aromatic carbocycles. The van der Waals surface area contributed by atoms with Gasteiger partial charge in [0.1, 0.15) is 0 Å². The normalized spacial score (nSPS) is 11.4. The maximum absolute atomic E-state index is 12.2. The van der Waals surface area contributed by atoms with E-state index < -0.39 is 10.0 Å². The molecule has 0 unspecified atom stereocenters. The summed E-state index contributed by atoms with van der Waals surface area (Å²) in [4.78, 5) is 0.118. The minimum absolute atomic E-state index is 0.0326. The van der Waals surface area contributed by atoms with Gasteiger partial charge in [0.25, 0.3) is 10.0 Å². The molecule has 2 rings (SSSR count). The molecule has 0 aliphatic carbocycles. The van der Waals surface area contributed by atoms with Crippen molar-refractivity contribution in [3.8, 4) is 5.75 Å². The molecule has 0 atom stereocenters. The molecule has 112 valence electrons. The Bertz CT molecular complexity index is 740. The summed E-state index contributed by atoms with van der Waals surface area (Å²) < 4.78 is 26.8. The molecule has 0 bridgehead atoms. The molecular formula is C13H10BrCl2NO3S. The molecule has 0 fully saturated rings. The molecule has 0 spiro atoms. The molecule has 2 aromatic rings. The summed E-state index contributed by atoms with van der Waals surface area (Å²) in [6, 6.07) is 8.99. The van der Waals surface area contributed by atoms with Crippen LogP contribution >= 0.6 is 39.1 Å². The molecule has 0 aliphatic heterocycles. The Kier molecular flexibility index (Phi) is 5.03. The topological polar surface area (TPSA) is 66.4 Å². The molecule has 0 amide bonds. The highest BCUT2D eigenvalue weighted by Crippen LogP contribution is 2.35. The van der Waals surface area contributed by atoms with Gasteiger partial charge in [0.15, 0.2) is 5.75 Å². The van der Waals surface area contributed by atoms with E-state index in [1.54, 1.807) is 12.1 Å². The Balaban J connectivity index is 2.32. The van der Waals surface area contributed by atoms with Crippen molar-refractivity contribution in [2.24, 2.45) is 0 Å². The zero-order valence-corrected chi connectivity index (χ0v) is 14.4. The Morgan fingerprint density at radius 2 is 1.62 bits per heavy atom. The number of phenolic OH excluding ortho intramolecular Hbond substituents is 1. The highest BCUT2D eigenvalue weighted by molar-refractivity contribution is 9.08. The first-order valence-electron chi connectivity index (χ1n) is 5.69. The van der Waals surface area contributed by atoms with E-state index in [2.05, 4.69) is 20.7 Å². The van der Waals surface area contributed by atoms with Gasteiger partial charge in [-0.15, -0.1) is 0 Å². The van der Waals surface area contributed by atoms with Gasteiger partial charge in [0.05, 0.1) is 20.6 Å². The third kappa shape index (κ3) is 3.83. The summed E-state index contributed by atoms with van der Waals surface area (Å²) in [6.07, 6.45) is 0. The zero-order chi connectivity index (χ0) is 15.6. The van der Waals surface area contributed by atoms with Crippen LogP contribution in [0.5, 0.6) is 5.75 Å². The van der Waals surface area contributed by atoms with Crippen molar-refractivity contribution in [1.82, 2.24) is 0 Å². The van der Waals surface area contributed by atoms with Gasteiger partial charge >= 0.3 is 0 Å². The number of alkyl halides is 1. The number of hydrogen-bond acceptors (Lipinski definition) is 3. The van der Waals surface area contributed by atoms with Crippen LogP contribution in [0.2, 0.25) is 10.0 Å². The fraction of sp³-hybridized carbons (Fsp3) is 0.0769. The van der Waals surface area contributed by atoms with Crippen molar-refractivity contribution in [2.75, 3.05) is 4.72 Å².